The van der Waals surface area contributed by atoms with E-state index in [-0.39, 0.29) is 11.7 Å². The summed E-state index contributed by atoms with van der Waals surface area (Å²) < 4.78 is 17.4. The first-order valence-corrected chi connectivity index (χ1v) is 9.68. The number of benzene rings is 2. The van der Waals surface area contributed by atoms with Crippen molar-refractivity contribution in [3.8, 4) is 11.5 Å². The Kier molecular flexibility index (Phi) is 5.09. The van der Waals surface area contributed by atoms with Crippen LogP contribution in [-0.4, -0.2) is 30.7 Å². The van der Waals surface area contributed by atoms with E-state index in [2.05, 4.69) is 24.8 Å². The summed E-state index contributed by atoms with van der Waals surface area (Å²) in [6, 6.07) is 13.4. The van der Waals surface area contributed by atoms with Crippen molar-refractivity contribution in [3.63, 3.8) is 0 Å². The van der Waals surface area contributed by atoms with Crippen LogP contribution in [0, 0.1) is 13.8 Å². The number of ether oxygens (including phenoxy) is 2. The highest BCUT2D eigenvalue weighted by atomic mass is 16.6. The molecule has 146 valence electrons. The molecule has 1 aliphatic rings. The maximum atomic E-state index is 12.1. The zero-order valence-corrected chi connectivity index (χ0v) is 16.5. The van der Waals surface area contributed by atoms with Crippen LogP contribution in [-0.2, 0) is 6.54 Å². The Morgan fingerprint density at radius 1 is 1.07 bits per heavy atom. The lowest BCUT2D eigenvalue weighted by molar-refractivity contribution is 0.0581. The smallest absolute Gasteiger partial charge is 0.336 e. The van der Waals surface area contributed by atoms with E-state index >= 15 is 0 Å². The molecule has 0 bridgehead atoms. The number of nitrogens with zero attached hydrogens (tertiary/aromatic N) is 1. The highest BCUT2D eigenvalue weighted by Crippen LogP contribution is 2.31. The third kappa shape index (κ3) is 3.76. The second kappa shape index (κ2) is 7.68. The Morgan fingerprint density at radius 2 is 1.82 bits per heavy atom. The zero-order valence-electron chi connectivity index (χ0n) is 16.5. The fourth-order valence-corrected chi connectivity index (χ4v) is 3.60. The monoisotopic (exact) mass is 379 g/mol. The summed E-state index contributed by atoms with van der Waals surface area (Å²) in [5, 5.41) is 0.993. The first-order valence-electron chi connectivity index (χ1n) is 9.68. The van der Waals surface area contributed by atoms with Gasteiger partial charge < -0.3 is 13.9 Å². The number of hydrogen-bond acceptors (Lipinski definition) is 5. The summed E-state index contributed by atoms with van der Waals surface area (Å²) in [4.78, 5) is 14.3. The normalized spacial score (nSPS) is 15.9. The van der Waals surface area contributed by atoms with Gasteiger partial charge in [0.25, 0.3) is 0 Å². The van der Waals surface area contributed by atoms with Crippen LogP contribution in [0.3, 0.4) is 0 Å². The molecular formula is C23H25NO4. The molecule has 2 aromatic carbocycles. The van der Waals surface area contributed by atoms with Crippen molar-refractivity contribution in [2.45, 2.75) is 33.4 Å². The molecule has 4 rings (SSSR count). The van der Waals surface area contributed by atoms with Gasteiger partial charge in [-0.25, -0.2) is 4.79 Å². The fraction of sp³-hybridized carbons (Fsp3) is 0.348. The minimum Gasteiger partial charge on any atom is -0.486 e. The van der Waals surface area contributed by atoms with Crippen LogP contribution in [0.4, 0.5) is 0 Å². The molecule has 3 aromatic rings. The largest absolute Gasteiger partial charge is 0.486 e. The van der Waals surface area contributed by atoms with E-state index in [1.807, 2.05) is 37.3 Å². The van der Waals surface area contributed by atoms with Crippen molar-refractivity contribution in [2.75, 3.05) is 19.7 Å². The Balaban J connectivity index is 1.56. The molecule has 1 aliphatic heterocycles. The van der Waals surface area contributed by atoms with Gasteiger partial charge in [0.1, 0.15) is 18.3 Å². The summed E-state index contributed by atoms with van der Waals surface area (Å²) in [5.74, 6) is 1.58. The molecule has 0 saturated heterocycles. The van der Waals surface area contributed by atoms with Gasteiger partial charge in [-0.3, -0.25) is 4.90 Å². The third-order valence-corrected chi connectivity index (χ3v) is 5.32. The SMILES string of the molecule is CCN(Cc1cc(=O)oc2cc(C)c(C)cc12)CC1COc2ccccc2O1. The summed E-state index contributed by atoms with van der Waals surface area (Å²) in [6.45, 7) is 8.95. The number of likely N-dealkylation sites (N-methyl/N-ethyl adjacent to an activating group) is 1. The van der Waals surface area contributed by atoms with Gasteiger partial charge >= 0.3 is 5.63 Å². The van der Waals surface area contributed by atoms with E-state index in [1.54, 1.807) is 6.07 Å². The summed E-state index contributed by atoms with van der Waals surface area (Å²) in [6.07, 6.45) is -0.0507. The molecule has 5 heteroatoms. The Labute approximate surface area is 164 Å². The van der Waals surface area contributed by atoms with Gasteiger partial charge in [0.15, 0.2) is 11.5 Å². The molecule has 28 heavy (non-hydrogen) atoms. The maximum absolute atomic E-state index is 12.1. The number of fused-ring (bicyclic) bond motifs is 2. The van der Waals surface area contributed by atoms with Gasteiger partial charge in [-0.2, -0.15) is 0 Å². The lowest BCUT2D eigenvalue weighted by atomic mass is 10.0. The number of aryl methyl sites for hydroxylation is 2. The maximum Gasteiger partial charge on any atom is 0.336 e. The molecule has 1 atom stereocenters. The van der Waals surface area contributed by atoms with Gasteiger partial charge in [0.05, 0.1) is 0 Å². The fourth-order valence-electron chi connectivity index (χ4n) is 3.60. The Bertz CT molecular complexity index is 1060. The number of rotatable bonds is 5. The quantitative estimate of drug-likeness (QED) is 0.626. The molecule has 0 spiro atoms. The van der Waals surface area contributed by atoms with Crippen LogP contribution in [0.25, 0.3) is 11.0 Å². The van der Waals surface area contributed by atoms with Crippen molar-refractivity contribution >= 4 is 11.0 Å². The molecule has 1 aromatic heterocycles. The average Bonchev–Trinajstić information content (AvgIpc) is 2.68. The highest BCUT2D eigenvalue weighted by molar-refractivity contribution is 5.81. The van der Waals surface area contributed by atoms with Gasteiger partial charge in [-0.15, -0.1) is 0 Å². The lowest BCUT2D eigenvalue weighted by Crippen LogP contribution is -2.40. The van der Waals surface area contributed by atoms with E-state index in [9.17, 15) is 4.79 Å². The Hall–Kier alpha value is -2.79. The molecule has 0 fully saturated rings. The van der Waals surface area contributed by atoms with Crippen LogP contribution in [0.1, 0.15) is 23.6 Å². The van der Waals surface area contributed by atoms with Gasteiger partial charge in [0, 0.05) is 24.5 Å². The lowest BCUT2D eigenvalue weighted by Gasteiger charge is -2.31. The van der Waals surface area contributed by atoms with Crippen LogP contribution in [0.15, 0.2) is 51.7 Å². The summed E-state index contributed by atoms with van der Waals surface area (Å²) >= 11 is 0. The topological polar surface area (TPSA) is 51.9 Å². The minimum absolute atomic E-state index is 0.0507. The van der Waals surface area contributed by atoms with Crippen molar-refractivity contribution < 1.29 is 13.9 Å². The van der Waals surface area contributed by atoms with E-state index < -0.39 is 0 Å². The second-order valence-electron chi connectivity index (χ2n) is 7.35. The van der Waals surface area contributed by atoms with Crippen LogP contribution >= 0.6 is 0 Å². The van der Waals surface area contributed by atoms with Crippen molar-refractivity contribution in [2.24, 2.45) is 0 Å². The summed E-state index contributed by atoms with van der Waals surface area (Å²) in [7, 11) is 0. The van der Waals surface area contributed by atoms with E-state index in [1.165, 1.54) is 5.56 Å². The van der Waals surface area contributed by atoms with E-state index in [0.717, 1.165) is 41.1 Å². The molecule has 0 radical (unpaired) electrons. The van der Waals surface area contributed by atoms with Crippen LogP contribution in [0.2, 0.25) is 0 Å². The van der Waals surface area contributed by atoms with Crippen LogP contribution < -0.4 is 15.1 Å². The van der Waals surface area contributed by atoms with E-state index in [4.69, 9.17) is 13.9 Å². The molecule has 5 nitrogen and oxygen atoms in total. The third-order valence-electron chi connectivity index (χ3n) is 5.32. The minimum atomic E-state index is -0.312. The zero-order chi connectivity index (χ0) is 19.7. The second-order valence-corrected chi connectivity index (χ2v) is 7.35. The highest BCUT2D eigenvalue weighted by Gasteiger charge is 2.23. The molecule has 0 saturated carbocycles. The van der Waals surface area contributed by atoms with E-state index in [0.29, 0.717) is 18.7 Å². The summed E-state index contributed by atoms with van der Waals surface area (Å²) in [5.41, 5.74) is 3.62. The molecule has 1 unspecified atom stereocenters. The molecule has 2 heterocycles. The molecule has 0 amide bonds. The predicted molar refractivity (Wildman–Crippen MR) is 109 cm³/mol. The van der Waals surface area contributed by atoms with Gasteiger partial charge in [-0.1, -0.05) is 19.1 Å². The molecule has 0 aliphatic carbocycles. The Morgan fingerprint density at radius 3 is 2.61 bits per heavy atom. The van der Waals surface area contributed by atoms with Crippen molar-refractivity contribution in [1.82, 2.24) is 4.90 Å². The predicted octanol–water partition coefficient (Wildman–Crippen LogP) is 4.07. The van der Waals surface area contributed by atoms with Gasteiger partial charge in [0.2, 0.25) is 0 Å². The van der Waals surface area contributed by atoms with Crippen molar-refractivity contribution in [1.29, 1.82) is 0 Å². The first kappa shape index (κ1) is 18.6. The number of para-hydroxylation sites is 2. The van der Waals surface area contributed by atoms with Gasteiger partial charge in [-0.05, 0) is 61.3 Å². The first-order chi connectivity index (χ1) is 13.5. The molecular weight excluding hydrogens is 354 g/mol. The van der Waals surface area contributed by atoms with Crippen molar-refractivity contribution in [3.05, 3.63) is 69.6 Å². The number of hydrogen-bond donors (Lipinski definition) is 0. The molecule has 0 N–H and O–H groups in total. The van der Waals surface area contributed by atoms with Crippen LogP contribution in [0.5, 0.6) is 11.5 Å². The standard InChI is InChI=1S/C23H25NO4/c1-4-24(13-18-14-26-20-7-5-6-8-21(20)27-18)12-17-11-23(25)28-22-10-16(3)15(2)9-19(17)22/h5-11,18H,4,12-14H2,1-3H3. The average molecular weight is 379 g/mol.